The van der Waals surface area contributed by atoms with Gasteiger partial charge in [-0.25, -0.2) is 0 Å². The smallest absolute Gasteiger partial charge is 0.418 e. The number of allylic oxidation sites excluding steroid dienone is 2. The molecule has 54 valence electrons. The molecule has 0 spiro atoms. The topological polar surface area (TPSA) is 57.5 Å². The van der Waals surface area contributed by atoms with Crippen molar-refractivity contribution >= 4 is 23.4 Å². The van der Waals surface area contributed by atoms with Gasteiger partial charge in [-0.1, -0.05) is 0 Å². The maximum absolute atomic E-state index is 10.1. The Morgan fingerprint density at radius 2 is 2.30 bits per heavy atom. The molecule has 0 aromatic rings. The molecule has 1 atom stereocenters. The van der Waals surface area contributed by atoms with Crippen molar-refractivity contribution in [3.63, 3.8) is 0 Å². The summed E-state index contributed by atoms with van der Waals surface area (Å²) in [6.45, 7) is 0. The molecule has 1 aliphatic rings. The van der Waals surface area contributed by atoms with Crippen LogP contribution in [0.3, 0.4) is 0 Å². The van der Waals surface area contributed by atoms with Crippen LogP contribution in [0.1, 0.15) is 0 Å². The number of carbonyl (C=O) groups excluding carboxylic acids is 1. The molecule has 3 nitrogen and oxygen atoms in total. The van der Waals surface area contributed by atoms with Gasteiger partial charge in [0, 0.05) is 5.57 Å². The number of carbonyl (C=O) groups is 1. The molecule has 0 aliphatic carbocycles. The molecule has 0 aromatic heterocycles. The Hall–Kier alpha value is -0.515. The number of thiol groups is 1. The second-order valence-corrected chi connectivity index (χ2v) is 3.77. The largest absolute Gasteiger partial charge is 0.514 e. The minimum absolute atomic E-state index is 0.527. The first-order valence-corrected chi connectivity index (χ1v) is 4.28. The molecule has 1 rings (SSSR count). The summed E-state index contributed by atoms with van der Waals surface area (Å²) in [5.74, 6) is 0. The molecule has 0 radical (unpaired) electrons. The van der Waals surface area contributed by atoms with Crippen molar-refractivity contribution in [2.24, 2.45) is 0 Å². The summed E-state index contributed by atoms with van der Waals surface area (Å²) in [5, 5.41) is 20.5. The van der Waals surface area contributed by atoms with Crippen LogP contribution >= 0.6 is 10.7 Å². The average molecular weight is 158 g/mol. The Morgan fingerprint density at radius 1 is 1.60 bits per heavy atom. The van der Waals surface area contributed by atoms with Gasteiger partial charge in [-0.15, -0.1) is 0 Å². The van der Waals surface area contributed by atoms with Crippen LogP contribution in [0, 0.1) is 0 Å². The van der Waals surface area contributed by atoms with Crippen LogP contribution in [0.2, 0.25) is 0 Å². The summed E-state index contributed by atoms with van der Waals surface area (Å²) in [4.78, 5) is 10.1. The molecule has 0 amide bonds. The zero-order valence-corrected chi connectivity index (χ0v) is 6.03. The van der Waals surface area contributed by atoms with E-state index < -0.39 is 17.1 Å². The Balaban J connectivity index is 2.65. The highest BCUT2D eigenvalue weighted by Crippen LogP contribution is 2.35. The van der Waals surface area contributed by atoms with Crippen LogP contribution in [0.5, 0.6) is 0 Å². The predicted molar refractivity (Wildman–Crippen MR) is 42.5 cm³/mol. The van der Waals surface area contributed by atoms with E-state index in [4.69, 9.17) is 10.0 Å². The van der Waals surface area contributed by atoms with Gasteiger partial charge in [-0.2, -0.15) is 10.7 Å². The first kappa shape index (κ1) is 7.59. The van der Waals surface area contributed by atoms with Crippen molar-refractivity contribution in [1.29, 1.82) is 0 Å². The molecule has 5 heteroatoms. The van der Waals surface area contributed by atoms with E-state index >= 15 is 0 Å². The average Bonchev–Trinajstić information content (AvgIpc) is 2.34. The third-order valence-electron chi connectivity index (χ3n) is 1.14. The maximum Gasteiger partial charge on any atom is 0.514 e. The van der Waals surface area contributed by atoms with E-state index in [1.54, 1.807) is 16.9 Å². The second kappa shape index (κ2) is 3.05. The molecular weight excluding hydrogens is 151 g/mol. The van der Waals surface area contributed by atoms with E-state index in [1.807, 2.05) is 0 Å². The molecule has 0 aromatic carbocycles. The molecule has 0 fully saturated rings. The van der Waals surface area contributed by atoms with Crippen LogP contribution in [-0.2, 0) is 4.79 Å². The zero-order chi connectivity index (χ0) is 7.56. The maximum atomic E-state index is 10.1. The quantitative estimate of drug-likeness (QED) is 0.290. The third kappa shape index (κ3) is 1.50. The molecule has 1 unspecified atom stereocenters. The number of rotatable bonds is 2. The Labute approximate surface area is 61.4 Å². The normalized spacial score (nSPS) is 26.2. The SMILES string of the molecule is O=CC1=C[SH](B(O)O)C=C1. The molecule has 0 bridgehead atoms. The molecule has 0 saturated carbocycles. The number of hydrogen-bond acceptors (Lipinski definition) is 3. The Morgan fingerprint density at radius 3 is 2.60 bits per heavy atom. The minimum atomic E-state index is -1.33. The van der Waals surface area contributed by atoms with Gasteiger partial charge in [0.1, 0.15) is 0 Å². The summed E-state index contributed by atoms with van der Waals surface area (Å²) in [7, 11) is -1.01. The van der Waals surface area contributed by atoms with Crippen LogP contribution in [-0.4, -0.2) is 22.7 Å². The zero-order valence-electron chi connectivity index (χ0n) is 5.14. The summed E-state index contributed by atoms with van der Waals surface area (Å²) >= 11 is 0. The number of hydrogen-bond donors (Lipinski definition) is 3. The summed E-state index contributed by atoms with van der Waals surface area (Å²) in [6.07, 6.45) is 0.961. The summed E-state index contributed by atoms with van der Waals surface area (Å²) in [6, 6.07) is 0. The standard InChI is InChI=1S/C5H7BO3S/c7-3-5-1-2-10(4-5)6(8)9/h1-4,8-10H. The Bertz CT molecular complexity index is 199. The van der Waals surface area contributed by atoms with Gasteiger partial charge in [0.15, 0.2) is 6.29 Å². The van der Waals surface area contributed by atoms with E-state index in [9.17, 15) is 4.79 Å². The lowest BCUT2D eigenvalue weighted by atomic mass is 10.3. The monoisotopic (exact) mass is 158 g/mol. The first-order valence-electron chi connectivity index (χ1n) is 2.73. The van der Waals surface area contributed by atoms with Gasteiger partial charge in [0.05, 0.1) is 0 Å². The minimum Gasteiger partial charge on any atom is -0.418 e. The fraction of sp³-hybridized carbons (Fsp3) is 0. The third-order valence-corrected chi connectivity index (χ3v) is 2.76. The molecule has 10 heavy (non-hydrogen) atoms. The van der Waals surface area contributed by atoms with Crippen LogP contribution < -0.4 is 0 Å². The van der Waals surface area contributed by atoms with Crippen molar-refractivity contribution < 1.29 is 14.8 Å². The van der Waals surface area contributed by atoms with Gasteiger partial charge in [-0.3, -0.25) is 4.79 Å². The van der Waals surface area contributed by atoms with E-state index in [0.29, 0.717) is 11.9 Å². The highest BCUT2D eigenvalue weighted by atomic mass is 32.2. The van der Waals surface area contributed by atoms with E-state index in [2.05, 4.69) is 0 Å². The van der Waals surface area contributed by atoms with Gasteiger partial charge in [0.2, 0.25) is 0 Å². The fourth-order valence-corrected chi connectivity index (χ4v) is 1.85. The van der Waals surface area contributed by atoms with Crippen molar-refractivity contribution in [3.05, 3.63) is 22.5 Å². The highest BCUT2D eigenvalue weighted by molar-refractivity contribution is 8.43. The van der Waals surface area contributed by atoms with Crippen molar-refractivity contribution in [2.75, 3.05) is 0 Å². The van der Waals surface area contributed by atoms with Gasteiger partial charge < -0.3 is 10.0 Å². The van der Waals surface area contributed by atoms with E-state index in [-0.39, 0.29) is 0 Å². The van der Waals surface area contributed by atoms with Crippen LogP contribution in [0.15, 0.2) is 22.5 Å². The molecule has 1 heterocycles. The lowest BCUT2D eigenvalue weighted by Crippen LogP contribution is -2.07. The lowest BCUT2D eigenvalue weighted by Gasteiger charge is -2.04. The highest BCUT2D eigenvalue weighted by Gasteiger charge is 2.17. The Kier molecular flexibility index (Phi) is 2.31. The van der Waals surface area contributed by atoms with Crippen LogP contribution in [0.25, 0.3) is 0 Å². The molecule has 0 saturated heterocycles. The lowest BCUT2D eigenvalue weighted by molar-refractivity contribution is -0.104. The fourth-order valence-electron chi connectivity index (χ4n) is 0.644. The van der Waals surface area contributed by atoms with Gasteiger partial charge in [0.25, 0.3) is 0 Å². The molecular formula is C5H7BO3S. The summed E-state index contributed by atoms with van der Waals surface area (Å²) < 4.78 is 0. The van der Waals surface area contributed by atoms with Crippen LogP contribution in [0.4, 0.5) is 0 Å². The predicted octanol–water partition coefficient (Wildman–Crippen LogP) is -0.433. The summed E-state index contributed by atoms with van der Waals surface area (Å²) in [5.41, 5.74) is 0.527. The van der Waals surface area contributed by atoms with Gasteiger partial charge in [-0.05, 0) is 16.9 Å². The molecule has 2 N–H and O–H groups in total. The van der Waals surface area contributed by atoms with Gasteiger partial charge >= 0.3 is 6.40 Å². The molecule has 1 aliphatic heterocycles. The van der Waals surface area contributed by atoms with Crippen molar-refractivity contribution in [3.8, 4) is 0 Å². The number of aldehydes is 1. The second-order valence-electron chi connectivity index (χ2n) is 1.86. The van der Waals surface area contributed by atoms with Crippen molar-refractivity contribution in [2.45, 2.75) is 0 Å². The van der Waals surface area contributed by atoms with E-state index in [1.165, 1.54) is 0 Å². The first-order chi connectivity index (χ1) is 4.74. The van der Waals surface area contributed by atoms with E-state index in [0.717, 1.165) is 0 Å². The van der Waals surface area contributed by atoms with Crippen molar-refractivity contribution in [1.82, 2.24) is 0 Å².